The predicted molar refractivity (Wildman–Crippen MR) is 96.3 cm³/mol. The van der Waals surface area contributed by atoms with Gasteiger partial charge in [0.05, 0.1) is 0 Å². The number of hydrogen-bond acceptors (Lipinski definition) is 5. The number of thiophene rings is 1. The number of fused-ring (bicyclic) bond motifs is 1. The van der Waals surface area contributed by atoms with E-state index in [1.54, 1.807) is 6.07 Å². The third-order valence-corrected chi connectivity index (χ3v) is 5.30. The quantitative estimate of drug-likeness (QED) is 0.721. The van der Waals surface area contributed by atoms with Crippen LogP contribution in [0.5, 0.6) is 0 Å². The summed E-state index contributed by atoms with van der Waals surface area (Å²) in [5.74, 6) is 0.692. The van der Waals surface area contributed by atoms with Gasteiger partial charge in [-0.2, -0.15) is 0 Å². The van der Waals surface area contributed by atoms with Crippen LogP contribution in [-0.2, 0) is 0 Å². The summed E-state index contributed by atoms with van der Waals surface area (Å²) in [5.41, 5.74) is 9.19. The molecule has 0 spiro atoms. The fraction of sp³-hybridized carbons (Fsp3) is 0.278. The van der Waals surface area contributed by atoms with Gasteiger partial charge in [0, 0.05) is 35.8 Å². The normalized spacial score (nSPS) is 15.2. The minimum Gasteiger partial charge on any atom is -0.439 e. The Bertz CT molecular complexity index is 890. The highest BCUT2D eigenvalue weighted by Gasteiger charge is 2.18. The fourth-order valence-corrected chi connectivity index (χ4v) is 3.97. The Morgan fingerprint density at radius 3 is 2.57 bits per heavy atom. The lowest BCUT2D eigenvalue weighted by atomic mass is 10.1. The maximum Gasteiger partial charge on any atom is 0.204 e. The zero-order valence-electron chi connectivity index (χ0n) is 12.7. The molecule has 23 heavy (non-hydrogen) atoms. The molecule has 3 aromatic rings. The van der Waals surface area contributed by atoms with Crippen LogP contribution in [0, 0.1) is 0 Å². The molecule has 3 heterocycles. The number of nitrogens with zero attached hydrogens (tertiary/aromatic N) is 1. The molecule has 1 fully saturated rings. The molecule has 0 unspecified atom stereocenters. The molecule has 0 radical (unpaired) electrons. The van der Waals surface area contributed by atoms with E-state index in [-0.39, 0.29) is 5.43 Å². The molecule has 1 aromatic carbocycles. The topological polar surface area (TPSA) is 59.5 Å². The number of benzene rings is 1. The highest BCUT2D eigenvalue weighted by molar-refractivity contribution is 7.17. The van der Waals surface area contributed by atoms with Crippen molar-refractivity contribution in [2.75, 3.05) is 23.7 Å². The number of nitrogen functional groups attached to an aromatic ring is 1. The van der Waals surface area contributed by atoms with E-state index in [0.717, 1.165) is 42.7 Å². The smallest absolute Gasteiger partial charge is 0.204 e. The third kappa shape index (κ3) is 2.61. The van der Waals surface area contributed by atoms with Crippen LogP contribution in [0.25, 0.3) is 21.4 Å². The van der Waals surface area contributed by atoms with Gasteiger partial charge in [-0.1, -0.05) is 12.1 Å². The van der Waals surface area contributed by atoms with E-state index < -0.39 is 0 Å². The number of piperidine rings is 1. The summed E-state index contributed by atoms with van der Waals surface area (Å²) in [6, 6.07) is 9.29. The molecule has 4 rings (SSSR count). The van der Waals surface area contributed by atoms with Crippen molar-refractivity contribution in [1.29, 1.82) is 0 Å². The van der Waals surface area contributed by atoms with Crippen LogP contribution in [0.4, 0.5) is 11.6 Å². The maximum absolute atomic E-state index is 12.4. The van der Waals surface area contributed by atoms with Crippen molar-refractivity contribution in [3.8, 4) is 11.1 Å². The van der Waals surface area contributed by atoms with Crippen LogP contribution in [0.2, 0.25) is 0 Å². The van der Waals surface area contributed by atoms with Crippen molar-refractivity contribution < 1.29 is 4.42 Å². The first kappa shape index (κ1) is 14.3. The Morgan fingerprint density at radius 2 is 1.83 bits per heavy atom. The SMILES string of the molecule is Nc1ccc(-c2csc3c(=O)cc(N4CCCCC4)oc23)cc1. The first-order valence-corrected chi connectivity index (χ1v) is 8.76. The zero-order valence-corrected chi connectivity index (χ0v) is 13.6. The largest absolute Gasteiger partial charge is 0.439 e. The summed E-state index contributed by atoms with van der Waals surface area (Å²) >= 11 is 1.44. The standard InChI is InChI=1S/C18H18N2O2S/c19-13-6-4-12(5-7-13)14-11-23-18-15(21)10-16(22-17(14)18)20-8-2-1-3-9-20/h4-7,10-11H,1-3,8-9,19H2. The lowest BCUT2D eigenvalue weighted by molar-refractivity contribution is 0.513. The van der Waals surface area contributed by atoms with Gasteiger partial charge >= 0.3 is 0 Å². The van der Waals surface area contributed by atoms with Crippen molar-refractivity contribution in [3.05, 3.63) is 45.9 Å². The summed E-state index contributed by atoms with van der Waals surface area (Å²) in [7, 11) is 0. The molecule has 0 aliphatic carbocycles. The van der Waals surface area contributed by atoms with E-state index >= 15 is 0 Å². The molecular formula is C18H18N2O2S. The number of rotatable bonds is 2. The van der Waals surface area contributed by atoms with Crippen LogP contribution < -0.4 is 16.1 Å². The molecule has 1 aliphatic rings. The summed E-state index contributed by atoms with van der Waals surface area (Å²) in [4.78, 5) is 14.6. The van der Waals surface area contributed by atoms with Crippen molar-refractivity contribution in [2.45, 2.75) is 19.3 Å². The molecule has 1 aliphatic heterocycles. The second-order valence-corrected chi connectivity index (χ2v) is 6.81. The fourth-order valence-electron chi connectivity index (χ4n) is 3.06. The van der Waals surface area contributed by atoms with E-state index in [0.29, 0.717) is 16.2 Å². The van der Waals surface area contributed by atoms with Crippen molar-refractivity contribution in [2.24, 2.45) is 0 Å². The molecule has 0 saturated carbocycles. The van der Waals surface area contributed by atoms with Gasteiger partial charge in [0.15, 0.2) is 11.5 Å². The summed E-state index contributed by atoms with van der Waals surface area (Å²) in [6.07, 6.45) is 3.55. The van der Waals surface area contributed by atoms with E-state index in [1.165, 1.54) is 17.8 Å². The molecule has 0 amide bonds. The van der Waals surface area contributed by atoms with Gasteiger partial charge in [0.25, 0.3) is 0 Å². The zero-order chi connectivity index (χ0) is 15.8. The monoisotopic (exact) mass is 326 g/mol. The minimum atomic E-state index is 0.0403. The first-order valence-electron chi connectivity index (χ1n) is 7.88. The summed E-state index contributed by atoms with van der Waals surface area (Å²) in [6.45, 7) is 1.91. The molecule has 5 heteroatoms. The Balaban J connectivity index is 1.84. The van der Waals surface area contributed by atoms with Crippen LogP contribution in [0.15, 0.2) is 44.9 Å². The van der Waals surface area contributed by atoms with Crippen LogP contribution >= 0.6 is 11.3 Å². The lowest BCUT2D eigenvalue weighted by Crippen LogP contribution is -2.29. The first-order chi connectivity index (χ1) is 11.2. The molecule has 4 nitrogen and oxygen atoms in total. The Labute approximate surface area is 138 Å². The molecule has 118 valence electrons. The van der Waals surface area contributed by atoms with E-state index in [9.17, 15) is 4.79 Å². The lowest BCUT2D eigenvalue weighted by Gasteiger charge is -2.26. The average Bonchev–Trinajstić information content (AvgIpc) is 3.01. The minimum absolute atomic E-state index is 0.0403. The molecule has 0 atom stereocenters. The van der Waals surface area contributed by atoms with Crippen molar-refractivity contribution in [3.63, 3.8) is 0 Å². The van der Waals surface area contributed by atoms with Gasteiger partial charge in [0.2, 0.25) is 5.43 Å². The van der Waals surface area contributed by atoms with Gasteiger partial charge in [0.1, 0.15) is 4.70 Å². The van der Waals surface area contributed by atoms with E-state index in [1.807, 2.05) is 29.6 Å². The highest BCUT2D eigenvalue weighted by Crippen LogP contribution is 2.35. The van der Waals surface area contributed by atoms with Crippen LogP contribution in [0.1, 0.15) is 19.3 Å². The van der Waals surface area contributed by atoms with Crippen LogP contribution in [-0.4, -0.2) is 13.1 Å². The highest BCUT2D eigenvalue weighted by atomic mass is 32.1. The Morgan fingerprint density at radius 1 is 1.09 bits per heavy atom. The third-order valence-electron chi connectivity index (χ3n) is 4.32. The average molecular weight is 326 g/mol. The van der Waals surface area contributed by atoms with Crippen molar-refractivity contribution in [1.82, 2.24) is 0 Å². The Hall–Kier alpha value is -2.27. The molecule has 2 N–H and O–H groups in total. The second-order valence-electron chi connectivity index (χ2n) is 5.93. The van der Waals surface area contributed by atoms with E-state index in [4.69, 9.17) is 10.2 Å². The van der Waals surface area contributed by atoms with Crippen LogP contribution in [0.3, 0.4) is 0 Å². The molecule has 0 bridgehead atoms. The number of hydrogen-bond donors (Lipinski definition) is 1. The van der Waals surface area contributed by atoms with E-state index in [2.05, 4.69) is 4.90 Å². The van der Waals surface area contributed by atoms with Crippen molar-refractivity contribution >= 4 is 33.2 Å². The second kappa shape index (κ2) is 5.74. The molecule has 1 saturated heterocycles. The van der Waals surface area contributed by atoms with Gasteiger partial charge in [-0.3, -0.25) is 4.79 Å². The van der Waals surface area contributed by atoms with Gasteiger partial charge in [-0.05, 0) is 37.0 Å². The summed E-state index contributed by atoms with van der Waals surface area (Å²) in [5, 5.41) is 1.99. The summed E-state index contributed by atoms with van der Waals surface area (Å²) < 4.78 is 6.82. The molecule has 2 aromatic heterocycles. The predicted octanol–water partition coefficient (Wildman–Crippen LogP) is 4.09. The maximum atomic E-state index is 12.4. The van der Waals surface area contributed by atoms with Gasteiger partial charge < -0.3 is 15.1 Å². The van der Waals surface area contributed by atoms with Gasteiger partial charge in [-0.25, -0.2) is 0 Å². The van der Waals surface area contributed by atoms with Gasteiger partial charge in [-0.15, -0.1) is 11.3 Å². The molecular weight excluding hydrogens is 308 g/mol. The number of anilines is 2. The Kier molecular flexibility index (Phi) is 3.58. The number of nitrogens with two attached hydrogens (primary N) is 1.